The molecule has 4 N–H and O–H groups in total. The molecule has 0 bridgehead atoms. The molecule has 0 unspecified atom stereocenters. The van der Waals surface area contributed by atoms with E-state index < -0.39 is 15.6 Å². The summed E-state index contributed by atoms with van der Waals surface area (Å²) in [6, 6.07) is 0. The summed E-state index contributed by atoms with van der Waals surface area (Å²) < 4.78 is 22.2. The summed E-state index contributed by atoms with van der Waals surface area (Å²) in [6.45, 7) is 0. The van der Waals surface area contributed by atoms with E-state index in [1.807, 2.05) is 0 Å². The molecule has 0 saturated heterocycles. The molecule has 1 radical (unpaired) electrons. The first-order valence-corrected chi connectivity index (χ1v) is 4.59. The molecule has 0 aliphatic rings. The maximum atomic E-state index is 9.63. The van der Waals surface area contributed by atoms with Crippen molar-refractivity contribution in [2.75, 3.05) is 0 Å². The summed E-state index contributed by atoms with van der Waals surface area (Å²) >= 11 is 0. The third kappa shape index (κ3) is 18.5. The molecule has 0 spiro atoms. The predicted octanol–water partition coefficient (Wildman–Crippen LogP) is -1.73. The number of phosphoric acid groups is 2. The van der Waals surface area contributed by atoms with Crippen LogP contribution in [0, 0.1) is 0 Å². The van der Waals surface area contributed by atoms with Crippen LogP contribution in [0.15, 0.2) is 0 Å². The molecular weight excluding hydrogens is 257 g/mol. The van der Waals surface area contributed by atoms with Crippen LogP contribution in [-0.2, 0) is 30.2 Å². The normalized spacial score (nSPS) is 11.3. The van der Waals surface area contributed by atoms with Gasteiger partial charge < -0.3 is 19.6 Å². The topological polar surface area (TPSA) is 124 Å². The van der Waals surface area contributed by atoms with Crippen molar-refractivity contribution in [3.05, 3.63) is 0 Å². The minimum atomic E-state index is -5.05. The molecule has 11 heteroatoms. The maximum Gasteiger partial charge on any atom is 0.478 e. The van der Waals surface area contributed by atoms with Gasteiger partial charge in [-0.25, -0.2) is 9.13 Å². The van der Waals surface area contributed by atoms with Gasteiger partial charge in [-0.2, -0.15) is 4.31 Å². The van der Waals surface area contributed by atoms with E-state index in [1.54, 1.807) is 0 Å². The largest absolute Gasteiger partial charge is 0.478 e. The van der Waals surface area contributed by atoms with Crippen molar-refractivity contribution in [1.29, 1.82) is 0 Å². The molecule has 11 heavy (non-hydrogen) atoms. The van der Waals surface area contributed by atoms with E-state index in [2.05, 4.69) is 4.31 Å². The van der Waals surface area contributed by atoms with Crippen LogP contribution in [0.2, 0.25) is 0 Å². The van der Waals surface area contributed by atoms with Crippen molar-refractivity contribution < 1.29 is 49.8 Å². The van der Waals surface area contributed by atoms with Gasteiger partial charge in [0.2, 0.25) is 0 Å². The van der Waals surface area contributed by atoms with E-state index >= 15 is 0 Å². The second kappa shape index (κ2) is 6.06. The third-order valence-electron chi connectivity index (χ3n) is 0.213. The summed E-state index contributed by atoms with van der Waals surface area (Å²) in [5.41, 5.74) is 0. The zero-order valence-electron chi connectivity index (χ0n) is 4.24. The summed E-state index contributed by atoms with van der Waals surface area (Å²) in [5, 5.41) is 0. The SMILES string of the molecule is O=P(O)(O)OP(=O)(O)O.[Co].[MgH2]. The first-order chi connectivity index (χ1) is 3.71. The molecule has 0 aliphatic carbocycles. The van der Waals surface area contributed by atoms with Crippen molar-refractivity contribution in [3.8, 4) is 0 Å². The molecule has 0 saturated carbocycles. The Bertz CT molecular complexity index is 157. The Morgan fingerprint density at radius 3 is 1.09 bits per heavy atom. The quantitative estimate of drug-likeness (QED) is 0.344. The molecule has 0 rings (SSSR count). The van der Waals surface area contributed by atoms with Crippen molar-refractivity contribution in [2.24, 2.45) is 0 Å². The molecule has 0 fully saturated rings. The Hall–Kier alpha value is 1.53. The Labute approximate surface area is 88.4 Å². The zero-order chi connectivity index (χ0) is 7.71. The molecule has 7 nitrogen and oxygen atoms in total. The van der Waals surface area contributed by atoms with Crippen LogP contribution in [0.4, 0.5) is 0 Å². The number of hydrogen-bond acceptors (Lipinski definition) is 3. The van der Waals surface area contributed by atoms with Gasteiger partial charge in [0.1, 0.15) is 0 Å². The van der Waals surface area contributed by atoms with E-state index in [1.165, 1.54) is 0 Å². The van der Waals surface area contributed by atoms with Gasteiger partial charge in [0.15, 0.2) is 0 Å². The molecule has 0 aromatic heterocycles. The Morgan fingerprint density at radius 2 is 1.09 bits per heavy atom. The second-order valence-electron chi connectivity index (χ2n) is 1.06. The van der Waals surface area contributed by atoms with Crippen LogP contribution < -0.4 is 0 Å². The van der Waals surface area contributed by atoms with E-state index in [0.717, 1.165) is 0 Å². The van der Waals surface area contributed by atoms with Crippen LogP contribution in [0.25, 0.3) is 0 Å². The van der Waals surface area contributed by atoms with Crippen LogP contribution in [-0.4, -0.2) is 42.6 Å². The molecular formula is H6CoMgO7P2. The fourth-order valence-electron chi connectivity index (χ4n) is 0.139. The average Bonchev–Trinajstić information content (AvgIpc) is 1.14. The third-order valence-corrected chi connectivity index (χ3v) is 1.91. The molecule has 69 valence electrons. The molecule has 0 heterocycles. The summed E-state index contributed by atoms with van der Waals surface area (Å²) in [4.78, 5) is 31.0. The van der Waals surface area contributed by atoms with Gasteiger partial charge in [0, 0.05) is 16.8 Å². The van der Waals surface area contributed by atoms with Gasteiger partial charge in [0.25, 0.3) is 0 Å². The Kier molecular flexibility index (Phi) is 10.1. The van der Waals surface area contributed by atoms with Gasteiger partial charge in [-0.15, -0.1) is 0 Å². The maximum absolute atomic E-state index is 9.63. The minimum Gasteiger partial charge on any atom is -0.302 e. The van der Waals surface area contributed by atoms with Crippen molar-refractivity contribution in [1.82, 2.24) is 0 Å². The molecule has 0 aliphatic heterocycles. The molecule has 0 aromatic rings. The number of hydrogen-bond donors (Lipinski definition) is 4. The predicted molar refractivity (Wildman–Crippen MR) is 33.7 cm³/mol. The van der Waals surface area contributed by atoms with Crippen molar-refractivity contribution in [2.45, 2.75) is 0 Å². The van der Waals surface area contributed by atoms with E-state index in [0.29, 0.717) is 0 Å². The monoisotopic (exact) mass is 263 g/mol. The molecule has 0 atom stereocenters. The van der Waals surface area contributed by atoms with Gasteiger partial charge >= 0.3 is 38.7 Å². The van der Waals surface area contributed by atoms with E-state index in [9.17, 15) is 9.13 Å². The van der Waals surface area contributed by atoms with Gasteiger partial charge in [-0.3, -0.25) is 0 Å². The summed E-state index contributed by atoms with van der Waals surface area (Å²) in [7, 11) is -10.1. The summed E-state index contributed by atoms with van der Waals surface area (Å²) in [5.74, 6) is 0. The zero-order valence-corrected chi connectivity index (χ0v) is 7.07. The fraction of sp³-hybridized carbons (Fsp3) is 0. The summed E-state index contributed by atoms with van der Waals surface area (Å²) in [6.07, 6.45) is 0. The van der Waals surface area contributed by atoms with E-state index in [-0.39, 0.29) is 39.8 Å². The fourth-order valence-corrected chi connectivity index (χ4v) is 1.25. The van der Waals surface area contributed by atoms with Gasteiger partial charge in [-0.1, -0.05) is 0 Å². The van der Waals surface area contributed by atoms with Gasteiger partial charge in [-0.05, 0) is 0 Å². The Morgan fingerprint density at radius 1 is 0.909 bits per heavy atom. The Balaban J connectivity index is -0.000000320. The standard InChI is InChI=1S/Co.Mg.H4O7P2.2H/c;;1-8(2,3)7-9(4,5)6;;/h;;(H2,1,2,3)(H2,4,5,6);;. The smallest absolute Gasteiger partial charge is 0.302 e. The van der Waals surface area contributed by atoms with Crippen LogP contribution in [0.5, 0.6) is 0 Å². The first-order valence-electron chi connectivity index (χ1n) is 1.53. The van der Waals surface area contributed by atoms with E-state index in [4.69, 9.17) is 19.6 Å². The first kappa shape index (κ1) is 18.3. The van der Waals surface area contributed by atoms with Gasteiger partial charge in [0.05, 0.1) is 0 Å². The number of rotatable bonds is 2. The molecule has 0 amide bonds. The van der Waals surface area contributed by atoms with Crippen molar-refractivity contribution in [3.63, 3.8) is 0 Å². The van der Waals surface area contributed by atoms with Crippen LogP contribution in [0.3, 0.4) is 0 Å². The average molecular weight is 263 g/mol. The van der Waals surface area contributed by atoms with Crippen molar-refractivity contribution >= 4 is 38.7 Å². The van der Waals surface area contributed by atoms with Crippen LogP contribution in [0.1, 0.15) is 0 Å². The second-order valence-corrected chi connectivity index (χ2v) is 3.68. The molecule has 0 aromatic carbocycles. The van der Waals surface area contributed by atoms with Crippen LogP contribution >= 0.6 is 15.6 Å². The minimum absolute atomic E-state index is 0.